The number of hydrogen-bond acceptors (Lipinski definition) is 5. The summed E-state index contributed by atoms with van der Waals surface area (Å²) in [7, 11) is 0. The van der Waals surface area contributed by atoms with Gasteiger partial charge in [0.05, 0.1) is 0 Å². The molecule has 0 bridgehead atoms. The Morgan fingerprint density at radius 2 is 1.92 bits per heavy atom. The summed E-state index contributed by atoms with van der Waals surface area (Å²) in [5.41, 5.74) is 0.969. The van der Waals surface area contributed by atoms with E-state index in [1.54, 1.807) is 30.5 Å². The highest BCUT2D eigenvalue weighted by molar-refractivity contribution is 6.30. The van der Waals surface area contributed by atoms with Gasteiger partial charge in [-0.05, 0) is 43.0 Å². The van der Waals surface area contributed by atoms with Crippen LogP contribution in [-0.2, 0) is 0 Å². The minimum atomic E-state index is -0.0835. The molecule has 1 N–H and O–H groups in total. The fourth-order valence-corrected chi connectivity index (χ4v) is 3.06. The lowest BCUT2D eigenvalue weighted by Crippen LogP contribution is -2.39. The van der Waals surface area contributed by atoms with Crippen molar-refractivity contribution in [2.75, 3.05) is 24.5 Å². The normalized spacial score (nSPS) is 14.8. The molecule has 0 spiro atoms. The number of carbonyl (C=O) groups is 1. The SMILES string of the molecule is N#Cc1nccnc1N1CCC(CNC(=O)c2ccc(Cl)cc2)CC1. The Morgan fingerprint density at radius 3 is 2.60 bits per heavy atom. The van der Waals surface area contributed by atoms with Crippen molar-refractivity contribution in [1.29, 1.82) is 5.26 Å². The van der Waals surface area contributed by atoms with Crippen LogP contribution in [-0.4, -0.2) is 35.5 Å². The molecule has 25 heavy (non-hydrogen) atoms. The van der Waals surface area contributed by atoms with E-state index >= 15 is 0 Å². The molecule has 1 aliphatic heterocycles. The fourth-order valence-electron chi connectivity index (χ4n) is 2.93. The van der Waals surface area contributed by atoms with Gasteiger partial charge in [0.25, 0.3) is 5.91 Å². The van der Waals surface area contributed by atoms with E-state index < -0.39 is 0 Å². The maximum atomic E-state index is 12.1. The summed E-state index contributed by atoms with van der Waals surface area (Å²) < 4.78 is 0. The van der Waals surface area contributed by atoms with Crippen LogP contribution < -0.4 is 10.2 Å². The van der Waals surface area contributed by atoms with E-state index in [1.807, 2.05) is 0 Å². The highest BCUT2D eigenvalue weighted by Crippen LogP contribution is 2.23. The summed E-state index contributed by atoms with van der Waals surface area (Å²) in [6.45, 7) is 2.24. The van der Waals surface area contributed by atoms with Gasteiger partial charge in [-0.15, -0.1) is 0 Å². The molecule has 0 atom stereocenters. The fraction of sp³-hybridized carbons (Fsp3) is 0.333. The molecular formula is C18H18ClN5O. The third-order valence-electron chi connectivity index (χ3n) is 4.36. The Balaban J connectivity index is 1.50. The van der Waals surface area contributed by atoms with Gasteiger partial charge in [0, 0.05) is 42.6 Å². The minimum Gasteiger partial charge on any atom is -0.354 e. The van der Waals surface area contributed by atoms with Gasteiger partial charge >= 0.3 is 0 Å². The number of aromatic nitrogens is 2. The van der Waals surface area contributed by atoms with Crippen molar-refractivity contribution < 1.29 is 4.79 Å². The topological polar surface area (TPSA) is 81.9 Å². The van der Waals surface area contributed by atoms with Crippen LogP contribution in [0.4, 0.5) is 5.82 Å². The number of nitrogens with one attached hydrogen (secondary N) is 1. The van der Waals surface area contributed by atoms with Crippen LogP contribution in [0.15, 0.2) is 36.7 Å². The monoisotopic (exact) mass is 355 g/mol. The van der Waals surface area contributed by atoms with E-state index in [9.17, 15) is 4.79 Å². The van der Waals surface area contributed by atoms with Gasteiger partial charge in [-0.1, -0.05) is 11.6 Å². The molecule has 2 aromatic rings. The van der Waals surface area contributed by atoms with Crippen molar-refractivity contribution >= 4 is 23.3 Å². The van der Waals surface area contributed by atoms with Crippen LogP contribution >= 0.6 is 11.6 Å². The Kier molecular flexibility index (Phi) is 5.46. The number of carbonyl (C=O) groups excluding carboxylic acids is 1. The largest absolute Gasteiger partial charge is 0.354 e. The molecule has 0 radical (unpaired) electrons. The molecule has 1 saturated heterocycles. The maximum absolute atomic E-state index is 12.1. The third kappa shape index (κ3) is 4.25. The molecule has 128 valence electrons. The number of rotatable bonds is 4. The molecule has 2 heterocycles. The molecule has 7 heteroatoms. The number of piperidine rings is 1. The standard InChI is InChI=1S/C18H18ClN5O/c19-15-3-1-14(2-4-15)18(25)23-12-13-5-9-24(10-6-13)17-16(11-20)21-7-8-22-17/h1-4,7-8,13H,5-6,9-10,12H2,(H,23,25). The number of hydrogen-bond donors (Lipinski definition) is 1. The van der Waals surface area contributed by atoms with Crippen LogP contribution in [0.5, 0.6) is 0 Å². The van der Waals surface area contributed by atoms with E-state index in [2.05, 4.69) is 26.3 Å². The van der Waals surface area contributed by atoms with Gasteiger partial charge in [0.2, 0.25) is 0 Å². The minimum absolute atomic E-state index is 0.0835. The highest BCUT2D eigenvalue weighted by Gasteiger charge is 2.22. The van der Waals surface area contributed by atoms with Crippen molar-refractivity contribution in [2.24, 2.45) is 5.92 Å². The van der Waals surface area contributed by atoms with E-state index in [4.69, 9.17) is 16.9 Å². The van der Waals surface area contributed by atoms with Gasteiger partial charge in [0.15, 0.2) is 11.5 Å². The Morgan fingerprint density at radius 1 is 1.24 bits per heavy atom. The first-order chi connectivity index (χ1) is 12.2. The first kappa shape index (κ1) is 17.2. The predicted molar refractivity (Wildman–Crippen MR) is 95.5 cm³/mol. The zero-order valence-corrected chi connectivity index (χ0v) is 14.4. The van der Waals surface area contributed by atoms with Crippen LogP contribution in [0.1, 0.15) is 28.9 Å². The summed E-state index contributed by atoms with van der Waals surface area (Å²) in [4.78, 5) is 22.6. The zero-order chi connectivity index (χ0) is 17.6. The Labute approximate surface area is 151 Å². The van der Waals surface area contributed by atoms with Crippen molar-refractivity contribution in [3.8, 4) is 6.07 Å². The quantitative estimate of drug-likeness (QED) is 0.911. The first-order valence-corrected chi connectivity index (χ1v) is 8.55. The van der Waals surface area contributed by atoms with Gasteiger partial charge in [0.1, 0.15) is 6.07 Å². The molecular weight excluding hydrogens is 338 g/mol. The molecule has 1 fully saturated rings. The summed E-state index contributed by atoms with van der Waals surface area (Å²) >= 11 is 5.83. The summed E-state index contributed by atoms with van der Waals surface area (Å²) in [5, 5.41) is 12.7. The van der Waals surface area contributed by atoms with Gasteiger partial charge < -0.3 is 10.2 Å². The molecule has 1 aromatic carbocycles. The van der Waals surface area contributed by atoms with Crippen molar-refractivity contribution in [2.45, 2.75) is 12.8 Å². The number of benzene rings is 1. The van der Waals surface area contributed by atoms with E-state index in [-0.39, 0.29) is 5.91 Å². The Hall–Kier alpha value is -2.65. The molecule has 1 aliphatic rings. The summed E-state index contributed by atoms with van der Waals surface area (Å²) in [6, 6.07) is 8.95. The summed E-state index contributed by atoms with van der Waals surface area (Å²) in [5.74, 6) is 0.975. The van der Waals surface area contributed by atoms with Gasteiger partial charge in [-0.25, -0.2) is 9.97 Å². The van der Waals surface area contributed by atoms with Crippen LogP contribution in [0, 0.1) is 17.2 Å². The molecule has 1 amide bonds. The van der Waals surface area contributed by atoms with Crippen LogP contribution in [0.3, 0.4) is 0 Å². The second-order valence-electron chi connectivity index (χ2n) is 5.99. The number of nitriles is 1. The number of amides is 1. The number of nitrogens with zero attached hydrogens (tertiary/aromatic N) is 4. The van der Waals surface area contributed by atoms with Crippen molar-refractivity contribution in [1.82, 2.24) is 15.3 Å². The lowest BCUT2D eigenvalue weighted by molar-refractivity contribution is 0.0945. The lowest BCUT2D eigenvalue weighted by atomic mass is 9.96. The summed E-state index contributed by atoms with van der Waals surface area (Å²) in [6.07, 6.45) is 5.00. The predicted octanol–water partition coefficient (Wildman–Crippen LogP) is 2.65. The second kappa shape index (κ2) is 7.95. The van der Waals surface area contributed by atoms with Crippen molar-refractivity contribution in [3.63, 3.8) is 0 Å². The smallest absolute Gasteiger partial charge is 0.251 e. The average molecular weight is 356 g/mol. The highest BCUT2D eigenvalue weighted by atomic mass is 35.5. The average Bonchev–Trinajstić information content (AvgIpc) is 2.67. The van der Waals surface area contributed by atoms with E-state index in [0.29, 0.717) is 34.6 Å². The third-order valence-corrected chi connectivity index (χ3v) is 4.61. The molecule has 6 nitrogen and oxygen atoms in total. The number of anilines is 1. The zero-order valence-electron chi connectivity index (χ0n) is 13.7. The van der Waals surface area contributed by atoms with Gasteiger partial charge in [-0.2, -0.15) is 5.26 Å². The lowest BCUT2D eigenvalue weighted by Gasteiger charge is -2.32. The molecule has 0 aliphatic carbocycles. The van der Waals surface area contributed by atoms with E-state index in [1.165, 1.54) is 6.20 Å². The van der Waals surface area contributed by atoms with Crippen LogP contribution in [0.25, 0.3) is 0 Å². The molecule has 3 rings (SSSR count). The first-order valence-electron chi connectivity index (χ1n) is 8.17. The van der Waals surface area contributed by atoms with Crippen molar-refractivity contribution in [3.05, 3.63) is 52.9 Å². The molecule has 0 unspecified atom stereocenters. The van der Waals surface area contributed by atoms with E-state index in [0.717, 1.165) is 25.9 Å². The Bertz CT molecular complexity index is 779. The van der Waals surface area contributed by atoms with Crippen LogP contribution in [0.2, 0.25) is 5.02 Å². The number of halogens is 1. The molecule has 0 saturated carbocycles. The van der Waals surface area contributed by atoms with Gasteiger partial charge in [-0.3, -0.25) is 4.79 Å². The maximum Gasteiger partial charge on any atom is 0.251 e. The molecule has 1 aromatic heterocycles. The second-order valence-corrected chi connectivity index (χ2v) is 6.42.